The number of hydrogen-bond acceptors (Lipinski definition) is 4. The van der Waals surface area contributed by atoms with Crippen LogP contribution < -0.4 is 4.90 Å². The molecule has 1 saturated heterocycles. The van der Waals surface area contributed by atoms with Gasteiger partial charge in [0.1, 0.15) is 5.70 Å². The maximum atomic E-state index is 12.8. The Labute approximate surface area is 165 Å². The number of aryl methyl sites for hydroxylation is 1. The van der Waals surface area contributed by atoms with Gasteiger partial charge in [0.15, 0.2) is 0 Å². The van der Waals surface area contributed by atoms with E-state index < -0.39 is 0 Å². The summed E-state index contributed by atoms with van der Waals surface area (Å²) < 4.78 is 0. The molecule has 2 aliphatic rings. The van der Waals surface area contributed by atoms with Crippen molar-refractivity contribution in [3.05, 3.63) is 70.9 Å². The first-order valence-corrected chi connectivity index (χ1v) is 9.67. The summed E-state index contributed by atoms with van der Waals surface area (Å²) >= 11 is 0. The van der Waals surface area contributed by atoms with E-state index in [4.69, 9.17) is 0 Å². The molecule has 0 aliphatic carbocycles. The number of anilines is 1. The average Bonchev–Trinajstić information content (AvgIpc) is 2.95. The van der Waals surface area contributed by atoms with Gasteiger partial charge in [0.05, 0.1) is 5.57 Å². The van der Waals surface area contributed by atoms with Gasteiger partial charge in [-0.2, -0.15) is 0 Å². The highest BCUT2D eigenvalue weighted by atomic mass is 16.2. The molecule has 0 unspecified atom stereocenters. The molecule has 2 aliphatic heterocycles. The first-order valence-electron chi connectivity index (χ1n) is 9.67. The first-order chi connectivity index (χ1) is 13.5. The fourth-order valence-electron chi connectivity index (χ4n) is 4.03. The van der Waals surface area contributed by atoms with Crippen molar-refractivity contribution in [1.29, 1.82) is 0 Å². The first kappa shape index (κ1) is 18.3. The molecular weight excluding hydrogens is 350 g/mol. The number of piperazine rings is 1. The lowest BCUT2D eigenvalue weighted by Crippen LogP contribution is -2.47. The van der Waals surface area contributed by atoms with Crippen LogP contribution in [0.5, 0.6) is 0 Å². The van der Waals surface area contributed by atoms with E-state index in [2.05, 4.69) is 41.8 Å². The summed E-state index contributed by atoms with van der Waals surface area (Å²) in [4.78, 5) is 31.3. The number of rotatable bonds is 3. The number of imide groups is 1. The third kappa shape index (κ3) is 2.97. The number of benzene rings is 2. The summed E-state index contributed by atoms with van der Waals surface area (Å²) in [6.07, 6.45) is 0. The molecule has 2 aromatic rings. The maximum Gasteiger partial charge on any atom is 0.277 e. The van der Waals surface area contributed by atoms with Crippen LogP contribution in [0.3, 0.4) is 0 Å². The standard InChI is InChI=1S/C23H25N3O2/c1-16-8-7-11-19(17(16)2)25-12-14-26(15-13-25)21-20(18-9-5-4-6-10-18)22(27)24(3)23(21)28/h4-11H,12-15H2,1-3H3. The Kier molecular flexibility index (Phi) is 4.67. The van der Waals surface area contributed by atoms with Crippen LogP contribution in [0, 0.1) is 13.8 Å². The molecule has 144 valence electrons. The Morgan fingerprint density at radius 1 is 0.750 bits per heavy atom. The second kappa shape index (κ2) is 7.15. The molecule has 2 aromatic carbocycles. The lowest BCUT2D eigenvalue weighted by atomic mass is 10.0. The highest BCUT2D eigenvalue weighted by Crippen LogP contribution is 2.32. The molecule has 1 fully saturated rings. The lowest BCUT2D eigenvalue weighted by molar-refractivity contribution is -0.135. The summed E-state index contributed by atoms with van der Waals surface area (Å²) in [5, 5.41) is 0. The molecule has 0 radical (unpaired) electrons. The van der Waals surface area contributed by atoms with Crippen LogP contribution in [0.4, 0.5) is 5.69 Å². The van der Waals surface area contributed by atoms with Gasteiger partial charge in [-0.1, -0.05) is 42.5 Å². The number of amides is 2. The Morgan fingerprint density at radius 2 is 1.39 bits per heavy atom. The van der Waals surface area contributed by atoms with E-state index in [1.54, 1.807) is 7.05 Å². The smallest absolute Gasteiger partial charge is 0.277 e. The second-order valence-corrected chi connectivity index (χ2v) is 7.45. The molecule has 0 atom stereocenters. The maximum absolute atomic E-state index is 12.8. The molecule has 5 nitrogen and oxygen atoms in total. The molecule has 0 bridgehead atoms. The van der Waals surface area contributed by atoms with Crippen molar-refractivity contribution in [2.45, 2.75) is 13.8 Å². The number of hydrogen-bond donors (Lipinski definition) is 0. The van der Waals surface area contributed by atoms with E-state index in [0.29, 0.717) is 24.4 Å². The van der Waals surface area contributed by atoms with E-state index in [-0.39, 0.29) is 11.8 Å². The molecule has 0 N–H and O–H groups in total. The third-order valence-corrected chi connectivity index (χ3v) is 5.84. The van der Waals surface area contributed by atoms with Crippen LogP contribution in [0.2, 0.25) is 0 Å². The lowest BCUT2D eigenvalue weighted by Gasteiger charge is -2.38. The van der Waals surface area contributed by atoms with E-state index in [1.807, 2.05) is 30.3 Å². The fourth-order valence-corrected chi connectivity index (χ4v) is 4.03. The number of carbonyl (C=O) groups excluding carboxylic acids is 2. The van der Waals surface area contributed by atoms with Gasteiger partial charge in [0.25, 0.3) is 11.8 Å². The van der Waals surface area contributed by atoms with Crippen molar-refractivity contribution < 1.29 is 9.59 Å². The van der Waals surface area contributed by atoms with Gasteiger partial charge in [-0.15, -0.1) is 0 Å². The molecule has 0 aromatic heterocycles. The van der Waals surface area contributed by atoms with Gasteiger partial charge < -0.3 is 9.80 Å². The van der Waals surface area contributed by atoms with Crippen LogP contribution in [0.15, 0.2) is 54.2 Å². The summed E-state index contributed by atoms with van der Waals surface area (Å²) in [7, 11) is 1.56. The van der Waals surface area contributed by atoms with Gasteiger partial charge in [0, 0.05) is 38.9 Å². The SMILES string of the molecule is Cc1cccc(N2CCN(C3=C(c4ccccc4)C(=O)N(C)C3=O)CC2)c1C. The average molecular weight is 375 g/mol. The third-order valence-electron chi connectivity index (χ3n) is 5.84. The van der Waals surface area contributed by atoms with Gasteiger partial charge in [-0.05, 0) is 36.6 Å². The van der Waals surface area contributed by atoms with Crippen molar-refractivity contribution in [2.24, 2.45) is 0 Å². The zero-order valence-corrected chi connectivity index (χ0v) is 16.6. The number of carbonyl (C=O) groups is 2. The van der Waals surface area contributed by atoms with Crippen molar-refractivity contribution in [2.75, 3.05) is 38.1 Å². The zero-order chi connectivity index (χ0) is 19.8. The van der Waals surface area contributed by atoms with Gasteiger partial charge in [-0.3, -0.25) is 14.5 Å². The minimum atomic E-state index is -0.219. The minimum absolute atomic E-state index is 0.205. The topological polar surface area (TPSA) is 43.9 Å². The summed E-state index contributed by atoms with van der Waals surface area (Å²) in [5.74, 6) is -0.424. The quantitative estimate of drug-likeness (QED) is 0.774. The Bertz CT molecular complexity index is 957. The zero-order valence-electron chi connectivity index (χ0n) is 16.6. The van der Waals surface area contributed by atoms with Crippen LogP contribution >= 0.6 is 0 Å². The van der Waals surface area contributed by atoms with Crippen LogP contribution in [-0.2, 0) is 9.59 Å². The van der Waals surface area contributed by atoms with E-state index in [0.717, 1.165) is 18.7 Å². The fraction of sp³-hybridized carbons (Fsp3) is 0.304. The Morgan fingerprint density at radius 3 is 2.07 bits per heavy atom. The molecule has 2 heterocycles. The van der Waals surface area contributed by atoms with E-state index in [1.165, 1.54) is 21.7 Å². The normalized spacial score (nSPS) is 17.8. The Balaban J connectivity index is 1.62. The number of likely N-dealkylation sites (N-methyl/N-ethyl adjacent to an activating group) is 1. The molecular formula is C23H25N3O2. The van der Waals surface area contributed by atoms with Crippen molar-refractivity contribution in [3.8, 4) is 0 Å². The summed E-state index contributed by atoms with van der Waals surface area (Å²) in [5.41, 5.74) is 5.70. The van der Waals surface area contributed by atoms with E-state index >= 15 is 0 Å². The molecule has 2 amide bonds. The second-order valence-electron chi connectivity index (χ2n) is 7.45. The summed E-state index contributed by atoms with van der Waals surface area (Å²) in [6.45, 7) is 7.35. The molecule has 0 spiro atoms. The van der Waals surface area contributed by atoms with Crippen LogP contribution in [0.1, 0.15) is 16.7 Å². The highest BCUT2D eigenvalue weighted by molar-refractivity contribution is 6.35. The van der Waals surface area contributed by atoms with Crippen molar-refractivity contribution in [1.82, 2.24) is 9.80 Å². The molecule has 4 rings (SSSR count). The van der Waals surface area contributed by atoms with Crippen molar-refractivity contribution >= 4 is 23.1 Å². The number of nitrogens with zero attached hydrogens (tertiary/aromatic N) is 3. The largest absolute Gasteiger partial charge is 0.368 e. The predicted molar refractivity (Wildman–Crippen MR) is 111 cm³/mol. The molecule has 5 heteroatoms. The van der Waals surface area contributed by atoms with Crippen LogP contribution in [-0.4, -0.2) is 54.8 Å². The predicted octanol–water partition coefficient (Wildman–Crippen LogP) is 2.84. The molecule has 0 saturated carbocycles. The Hall–Kier alpha value is -3.08. The highest BCUT2D eigenvalue weighted by Gasteiger charge is 2.40. The molecule has 28 heavy (non-hydrogen) atoms. The van der Waals surface area contributed by atoms with Gasteiger partial charge >= 0.3 is 0 Å². The summed E-state index contributed by atoms with van der Waals surface area (Å²) in [6, 6.07) is 15.9. The minimum Gasteiger partial charge on any atom is -0.368 e. The van der Waals surface area contributed by atoms with E-state index in [9.17, 15) is 9.59 Å². The van der Waals surface area contributed by atoms with Crippen molar-refractivity contribution in [3.63, 3.8) is 0 Å². The monoisotopic (exact) mass is 375 g/mol. The van der Waals surface area contributed by atoms with Gasteiger partial charge in [-0.25, -0.2) is 0 Å². The van der Waals surface area contributed by atoms with Crippen LogP contribution in [0.25, 0.3) is 5.57 Å². The van der Waals surface area contributed by atoms with Gasteiger partial charge in [0.2, 0.25) is 0 Å².